The minimum absolute atomic E-state index is 0.286. The molecule has 1 aromatic rings. The van der Waals surface area contributed by atoms with Gasteiger partial charge in [-0.05, 0) is 31.9 Å². The molecule has 4 nitrogen and oxygen atoms in total. The fraction of sp³-hybridized carbons (Fsp3) is 0.333. The van der Waals surface area contributed by atoms with Gasteiger partial charge in [-0.3, -0.25) is 9.71 Å². The molecule has 0 aromatic carbocycles. The van der Waals surface area contributed by atoms with Gasteiger partial charge >= 0.3 is 0 Å². The Morgan fingerprint density at radius 2 is 2.36 bits per heavy atom. The Balaban J connectivity index is 2.21. The molecule has 0 radical (unpaired) electrons. The van der Waals surface area contributed by atoms with Gasteiger partial charge in [0.1, 0.15) is 0 Å². The van der Waals surface area contributed by atoms with E-state index in [4.69, 9.17) is 0 Å². The number of nitrogens with zero attached hydrogens (tertiary/aromatic N) is 2. The van der Waals surface area contributed by atoms with E-state index >= 15 is 0 Å². The second kappa shape index (κ2) is 3.88. The van der Waals surface area contributed by atoms with Gasteiger partial charge in [0.05, 0.1) is 10.6 Å². The number of aromatic nitrogens is 1. The number of hydrogen-bond donors (Lipinski definition) is 2. The van der Waals surface area contributed by atoms with Crippen molar-refractivity contribution in [1.82, 2.24) is 9.71 Å². The van der Waals surface area contributed by atoms with Crippen molar-refractivity contribution in [2.45, 2.75) is 24.8 Å². The summed E-state index contributed by atoms with van der Waals surface area (Å²) in [6.45, 7) is 4.09. The number of guanidine groups is 1. The molecular formula is C9H12N4S. The van der Waals surface area contributed by atoms with Crippen molar-refractivity contribution in [2.24, 2.45) is 4.99 Å². The Morgan fingerprint density at radius 3 is 3.14 bits per heavy atom. The molecule has 0 saturated carbocycles. The summed E-state index contributed by atoms with van der Waals surface area (Å²) in [7, 11) is 0. The van der Waals surface area contributed by atoms with Crippen molar-refractivity contribution in [1.29, 1.82) is 0 Å². The Morgan fingerprint density at radius 1 is 1.50 bits per heavy atom. The van der Waals surface area contributed by atoms with Crippen LogP contribution in [0.3, 0.4) is 0 Å². The van der Waals surface area contributed by atoms with Crippen LogP contribution in [0.1, 0.15) is 13.8 Å². The first-order valence-electron chi connectivity index (χ1n) is 4.47. The van der Waals surface area contributed by atoms with Gasteiger partial charge in [0, 0.05) is 18.4 Å². The second-order valence-corrected chi connectivity index (χ2v) is 4.12. The molecule has 5 heteroatoms. The zero-order chi connectivity index (χ0) is 9.97. The van der Waals surface area contributed by atoms with Crippen LogP contribution in [0.25, 0.3) is 0 Å². The van der Waals surface area contributed by atoms with Crippen LogP contribution in [0, 0.1) is 0 Å². The van der Waals surface area contributed by atoms with E-state index in [0.717, 1.165) is 16.5 Å². The minimum atomic E-state index is 0.286. The number of anilines is 1. The van der Waals surface area contributed by atoms with E-state index in [-0.39, 0.29) is 6.04 Å². The SMILES string of the molecule is CC(C)N=C1NSc2cnccc2N1. The third-order valence-electron chi connectivity index (χ3n) is 1.68. The van der Waals surface area contributed by atoms with Gasteiger partial charge in [0.15, 0.2) is 0 Å². The van der Waals surface area contributed by atoms with Gasteiger partial charge in [-0.2, -0.15) is 0 Å². The van der Waals surface area contributed by atoms with Crippen molar-refractivity contribution in [3.8, 4) is 0 Å². The standard InChI is InChI=1S/C9H12N4S/c1-6(2)11-9-12-7-3-4-10-5-8(7)14-13-9/h3-6H,1-2H3,(H2,11,12,13). The Bertz CT molecular complexity index is 362. The zero-order valence-electron chi connectivity index (χ0n) is 8.11. The fourth-order valence-electron chi connectivity index (χ4n) is 1.14. The summed E-state index contributed by atoms with van der Waals surface area (Å²) in [6.07, 6.45) is 3.59. The number of aliphatic imine (C=N–C) groups is 1. The molecule has 1 aromatic heterocycles. The highest BCUT2D eigenvalue weighted by molar-refractivity contribution is 7.98. The molecule has 0 aliphatic carbocycles. The number of fused-ring (bicyclic) bond motifs is 1. The highest BCUT2D eigenvalue weighted by atomic mass is 32.2. The number of pyridine rings is 1. The predicted molar refractivity (Wildman–Crippen MR) is 59.4 cm³/mol. The molecular weight excluding hydrogens is 196 g/mol. The third kappa shape index (κ3) is 1.98. The summed E-state index contributed by atoms with van der Waals surface area (Å²) in [5.74, 6) is 0.809. The lowest BCUT2D eigenvalue weighted by molar-refractivity contribution is 0.830. The first kappa shape index (κ1) is 9.33. The molecule has 14 heavy (non-hydrogen) atoms. The molecule has 2 N–H and O–H groups in total. The molecule has 0 unspecified atom stereocenters. The largest absolute Gasteiger partial charge is 0.324 e. The molecule has 74 valence electrons. The van der Waals surface area contributed by atoms with E-state index in [1.54, 1.807) is 6.20 Å². The quantitative estimate of drug-likeness (QED) is 0.692. The van der Waals surface area contributed by atoms with Gasteiger partial charge in [0.25, 0.3) is 0 Å². The van der Waals surface area contributed by atoms with Crippen molar-refractivity contribution in [2.75, 3.05) is 5.32 Å². The maximum absolute atomic E-state index is 4.39. The number of hydrogen-bond acceptors (Lipinski definition) is 3. The lowest BCUT2D eigenvalue weighted by Crippen LogP contribution is -2.30. The number of nitrogens with one attached hydrogen (secondary N) is 2. The summed E-state index contributed by atoms with van der Waals surface area (Å²) in [4.78, 5) is 9.52. The van der Waals surface area contributed by atoms with Crippen LogP contribution in [-0.2, 0) is 0 Å². The van der Waals surface area contributed by atoms with Crippen molar-refractivity contribution < 1.29 is 0 Å². The van der Waals surface area contributed by atoms with Crippen LogP contribution in [-0.4, -0.2) is 17.0 Å². The molecule has 2 heterocycles. The highest BCUT2D eigenvalue weighted by Crippen LogP contribution is 2.26. The molecule has 0 fully saturated rings. The van der Waals surface area contributed by atoms with E-state index in [9.17, 15) is 0 Å². The highest BCUT2D eigenvalue weighted by Gasteiger charge is 2.12. The zero-order valence-corrected chi connectivity index (χ0v) is 8.93. The Hall–Kier alpha value is -1.23. The topological polar surface area (TPSA) is 49.3 Å². The van der Waals surface area contributed by atoms with E-state index in [2.05, 4.69) is 20.0 Å². The van der Waals surface area contributed by atoms with Crippen molar-refractivity contribution in [3.63, 3.8) is 0 Å². The fourth-order valence-corrected chi connectivity index (χ4v) is 1.79. The molecule has 2 rings (SSSR count). The Kier molecular flexibility index (Phi) is 2.58. The average Bonchev–Trinajstić information content (AvgIpc) is 2.17. The smallest absolute Gasteiger partial charge is 0.206 e. The maximum atomic E-state index is 4.39. The first-order chi connectivity index (χ1) is 6.75. The van der Waals surface area contributed by atoms with E-state index in [0.29, 0.717) is 0 Å². The van der Waals surface area contributed by atoms with Crippen LogP contribution in [0.2, 0.25) is 0 Å². The summed E-state index contributed by atoms with van der Waals surface area (Å²) in [5.41, 5.74) is 1.06. The van der Waals surface area contributed by atoms with Gasteiger partial charge in [-0.15, -0.1) is 0 Å². The lowest BCUT2D eigenvalue weighted by Gasteiger charge is -2.20. The lowest BCUT2D eigenvalue weighted by atomic mass is 10.4. The van der Waals surface area contributed by atoms with Crippen LogP contribution in [0.15, 0.2) is 28.3 Å². The predicted octanol–water partition coefficient (Wildman–Crippen LogP) is 1.87. The van der Waals surface area contributed by atoms with Gasteiger partial charge < -0.3 is 5.32 Å². The molecule has 0 spiro atoms. The van der Waals surface area contributed by atoms with Gasteiger partial charge in [0.2, 0.25) is 5.96 Å². The first-order valence-corrected chi connectivity index (χ1v) is 5.29. The normalized spacial score (nSPS) is 17.5. The van der Waals surface area contributed by atoms with E-state index in [1.807, 2.05) is 26.1 Å². The average molecular weight is 208 g/mol. The minimum Gasteiger partial charge on any atom is -0.324 e. The molecule has 0 saturated heterocycles. The molecule has 1 aliphatic rings. The monoisotopic (exact) mass is 208 g/mol. The van der Waals surface area contributed by atoms with Crippen LogP contribution >= 0.6 is 11.9 Å². The van der Waals surface area contributed by atoms with Crippen LogP contribution < -0.4 is 10.0 Å². The summed E-state index contributed by atoms with van der Waals surface area (Å²) in [5, 5.41) is 3.21. The Labute approximate surface area is 87.4 Å². The summed E-state index contributed by atoms with van der Waals surface area (Å²) >= 11 is 1.53. The van der Waals surface area contributed by atoms with E-state index < -0.39 is 0 Å². The van der Waals surface area contributed by atoms with Crippen molar-refractivity contribution in [3.05, 3.63) is 18.5 Å². The summed E-state index contributed by atoms with van der Waals surface area (Å²) < 4.78 is 3.12. The molecule has 0 bridgehead atoms. The molecule has 0 amide bonds. The molecule has 1 aliphatic heterocycles. The number of rotatable bonds is 1. The van der Waals surface area contributed by atoms with Gasteiger partial charge in [-0.25, -0.2) is 4.99 Å². The second-order valence-electron chi connectivity index (χ2n) is 3.27. The van der Waals surface area contributed by atoms with Crippen LogP contribution in [0.5, 0.6) is 0 Å². The summed E-state index contributed by atoms with van der Waals surface area (Å²) in [6, 6.07) is 2.23. The van der Waals surface area contributed by atoms with Gasteiger partial charge in [-0.1, -0.05) is 0 Å². The third-order valence-corrected chi connectivity index (χ3v) is 2.52. The molecule has 0 atom stereocenters. The maximum Gasteiger partial charge on any atom is 0.206 e. The van der Waals surface area contributed by atoms with Crippen molar-refractivity contribution >= 4 is 23.6 Å². The van der Waals surface area contributed by atoms with E-state index in [1.165, 1.54) is 11.9 Å². The van der Waals surface area contributed by atoms with Crippen LogP contribution in [0.4, 0.5) is 5.69 Å².